The molecular weight excluding hydrogens is 196 g/mol. The Morgan fingerprint density at radius 2 is 2.00 bits per heavy atom. The standard InChI is InChI=1S/C15H24O/c1-5-15(4)10-8-11-13(15)12(16)7-6-9-14(11,2)3/h5,11,13H,1,6-10H2,2-4H3/t11-,13+,15-/m1/s1. The molecule has 0 aromatic heterocycles. The molecule has 2 rings (SSSR count). The van der Waals surface area contributed by atoms with Crippen molar-refractivity contribution >= 4 is 5.78 Å². The van der Waals surface area contributed by atoms with Gasteiger partial charge in [-0.1, -0.05) is 26.8 Å². The Bertz CT molecular complexity index is 315. The minimum Gasteiger partial charge on any atom is -0.299 e. The molecule has 0 aliphatic heterocycles. The highest BCUT2D eigenvalue weighted by molar-refractivity contribution is 5.83. The zero-order valence-corrected chi connectivity index (χ0v) is 10.9. The SMILES string of the molecule is C=C[C@]1(C)CC[C@@H]2[C@H]1C(=O)CCCC2(C)C. The molecule has 2 aliphatic carbocycles. The van der Waals surface area contributed by atoms with E-state index in [1.165, 1.54) is 12.8 Å². The van der Waals surface area contributed by atoms with E-state index in [2.05, 4.69) is 27.4 Å². The van der Waals surface area contributed by atoms with Crippen LogP contribution in [0.15, 0.2) is 12.7 Å². The van der Waals surface area contributed by atoms with Crippen LogP contribution in [-0.4, -0.2) is 5.78 Å². The third kappa shape index (κ3) is 1.65. The minimum atomic E-state index is 0.0589. The quantitative estimate of drug-likeness (QED) is 0.611. The summed E-state index contributed by atoms with van der Waals surface area (Å²) < 4.78 is 0. The molecule has 0 aromatic carbocycles. The summed E-state index contributed by atoms with van der Waals surface area (Å²) in [7, 11) is 0. The first kappa shape index (κ1) is 11.9. The van der Waals surface area contributed by atoms with Gasteiger partial charge in [-0.2, -0.15) is 0 Å². The van der Waals surface area contributed by atoms with Gasteiger partial charge >= 0.3 is 0 Å². The predicted octanol–water partition coefficient (Wildman–Crippen LogP) is 3.98. The molecule has 1 heteroatoms. The highest BCUT2D eigenvalue weighted by atomic mass is 16.1. The fourth-order valence-electron chi connectivity index (χ4n) is 3.97. The first-order chi connectivity index (χ1) is 7.41. The van der Waals surface area contributed by atoms with Crippen molar-refractivity contribution in [2.75, 3.05) is 0 Å². The lowest BCUT2D eigenvalue weighted by Crippen LogP contribution is -2.35. The first-order valence-electron chi connectivity index (χ1n) is 6.57. The summed E-state index contributed by atoms with van der Waals surface area (Å²) in [4.78, 5) is 12.3. The minimum absolute atomic E-state index is 0.0589. The Kier molecular flexibility index (Phi) is 2.76. The van der Waals surface area contributed by atoms with Crippen LogP contribution in [0.25, 0.3) is 0 Å². The summed E-state index contributed by atoms with van der Waals surface area (Å²) in [5.74, 6) is 1.31. The van der Waals surface area contributed by atoms with Crippen LogP contribution in [0.4, 0.5) is 0 Å². The zero-order valence-electron chi connectivity index (χ0n) is 10.9. The van der Waals surface area contributed by atoms with E-state index in [0.29, 0.717) is 17.1 Å². The maximum absolute atomic E-state index is 12.3. The molecule has 0 spiro atoms. The van der Waals surface area contributed by atoms with Gasteiger partial charge in [0.05, 0.1) is 0 Å². The topological polar surface area (TPSA) is 17.1 Å². The highest BCUT2D eigenvalue weighted by Gasteiger charge is 2.52. The largest absolute Gasteiger partial charge is 0.299 e. The van der Waals surface area contributed by atoms with Crippen LogP contribution < -0.4 is 0 Å². The number of allylic oxidation sites excluding steroid dienone is 1. The van der Waals surface area contributed by atoms with Crippen molar-refractivity contribution in [3.05, 3.63) is 12.7 Å². The smallest absolute Gasteiger partial charge is 0.137 e. The molecule has 0 aromatic rings. The zero-order chi connectivity index (χ0) is 12.0. The molecule has 0 radical (unpaired) electrons. The molecule has 0 bridgehead atoms. The van der Waals surface area contributed by atoms with Crippen molar-refractivity contribution in [2.24, 2.45) is 22.7 Å². The highest BCUT2D eigenvalue weighted by Crippen LogP contribution is 2.57. The molecule has 16 heavy (non-hydrogen) atoms. The molecule has 1 nitrogen and oxygen atoms in total. The average Bonchev–Trinajstić information content (AvgIpc) is 2.51. The van der Waals surface area contributed by atoms with Gasteiger partial charge in [0.25, 0.3) is 0 Å². The summed E-state index contributed by atoms with van der Waals surface area (Å²) in [5, 5.41) is 0. The van der Waals surface area contributed by atoms with Gasteiger partial charge in [0.1, 0.15) is 5.78 Å². The first-order valence-corrected chi connectivity index (χ1v) is 6.57. The van der Waals surface area contributed by atoms with E-state index >= 15 is 0 Å². The number of rotatable bonds is 1. The van der Waals surface area contributed by atoms with E-state index in [4.69, 9.17) is 0 Å². The van der Waals surface area contributed by atoms with Crippen molar-refractivity contribution in [2.45, 2.75) is 52.9 Å². The molecule has 0 amide bonds. The van der Waals surface area contributed by atoms with E-state index in [1.54, 1.807) is 0 Å². The number of Topliss-reactive ketones (excluding diaryl/α,β-unsaturated/α-hetero) is 1. The van der Waals surface area contributed by atoms with Crippen molar-refractivity contribution in [3.8, 4) is 0 Å². The van der Waals surface area contributed by atoms with E-state index in [1.807, 2.05) is 6.08 Å². The van der Waals surface area contributed by atoms with E-state index in [9.17, 15) is 4.79 Å². The molecule has 2 aliphatic rings. The number of hydrogen-bond acceptors (Lipinski definition) is 1. The van der Waals surface area contributed by atoms with Crippen molar-refractivity contribution in [3.63, 3.8) is 0 Å². The maximum atomic E-state index is 12.3. The molecule has 0 saturated heterocycles. The number of carbonyl (C=O) groups is 1. The van der Waals surface area contributed by atoms with Crippen molar-refractivity contribution < 1.29 is 4.79 Å². The molecule has 2 fully saturated rings. The normalized spacial score (nSPS) is 42.6. The number of hydrogen-bond donors (Lipinski definition) is 0. The summed E-state index contributed by atoms with van der Waals surface area (Å²) in [6.45, 7) is 10.9. The number of ketones is 1. The van der Waals surface area contributed by atoms with Gasteiger partial charge in [-0.3, -0.25) is 4.79 Å². The summed E-state index contributed by atoms with van der Waals surface area (Å²) in [5.41, 5.74) is 0.390. The second-order valence-electron chi connectivity index (χ2n) is 6.64. The third-order valence-electron chi connectivity index (χ3n) is 5.17. The van der Waals surface area contributed by atoms with Gasteiger partial charge in [0.15, 0.2) is 0 Å². The molecule has 3 atom stereocenters. The van der Waals surface area contributed by atoms with Crippen LogP contribution in [0.2, 0.25) is 0 Å². The van der Waals surface area contributed by atoms with Gasteiger partial charge in [-0.15, -0.1) is 6.58 Å². The van der Waals surface area contributed by atoms with E-state index in [-0.39, 0.29) is 11.3 Å². The van der Waals surface area contributed by atoms with Gasteiger partial charge in [-0.05, 0) is 42.4 Å². The average molecular weight is 220 g/mol. The Hall–Kier alpha value is -0.590. The lowest BCUT2D eigenvalue weighted by Gasteiger charge is -2.36. The number of carbonyl (C=O) groups excluding carboxylic acids is 1. The lowest BCUT2D eigenvalue weighted by molar-refractivity contribution is -0.126. The van der Waals surface area contributed by atoms with Crippen LogP contribution >= 0.6 is 0 Å². The van der Waals surface area contributed by atoms with Crippen LogP contribution in [0.5, 0.6) is 0 Å². The monoisotopic (exact) mass is 220 g/mol. The third-order valence-corrected chi connectivity index (χ3v) is 5.17. The summed E-state index contributed by atoms with van der Waals surface area (Å²) in [6, 6.07) is 0. The second-order valence-corrected chi connectivity index (χ2v) is 6.64. The molecule has 2 saturated carbocycles. The van der Waals surface area contributed by atoms with Gasteiger partial charge < -0.3 is 0 Å². The summed E-state index contributed by atoms with van der Waals surface area (Å²) in [6.07, 6.45) is 7.44. The Morgan fingerprint density at radius 3 is 2.62 bits per heavy atom. The van der Waals surface area contributed by atoms with Crippen LogP contribution in [0.3, 0.4) is 0 Å². The molecule has 90 valence electrons. The Morgan fingerprint density at radius 1 is 1.31 bits per heavy atom. The Balaban J connectivity index is 2.39. The fourth-order valence-corrected chi connectivity index (χ4v) is 3.97. The van der Waals surface area contributed by atoms with Crippen LogP contribution in [0, 0.1) is 22.7 Å². The fraction of sp³-hybridized carbons (Fsp3) is 0.800. The molecule has 0 unspecified atom stereocenters. The van der Waals surface area contributed by atoms with E-state index in [0.717, 1.165) is 19.3 Å². The molecule has 0 heterocycles. The van der Waals surface area contributed by atoms with Crippen LogP contribution in [0.1, 0.15) is 52.9 Å². The molecular formula is C15H24O. The lowest BCUT2D eigenvalue weighted by atomic mass is 9.67. The molecule has 0 N–H and O–H groups in total. The van der Waals surface area contributed by atoms with Crippen molar-refractivity contribution in [1.29, 1.82) is 0 Å². The van der Waals surface area contributed by atoms with E-state index < -0.39 is 0 Å². The summed E-state index contributed by atoms with van der Waals surface area (Å²) >= 11 is 0. The second kappa shape index (κ2) is 3.72. The van der Waals surface area contributed by atoms with Crippen molar-refractivity contribution in [1.82, 2.24) is 0 Å². The Labute approximate surface area is 99.3 Å². The maximum Gasteiger partial charge on any atom is 0.137 e. The van der Waals surface area contributed by atoms with Gasteiger partial charge in [0, 0.05) is 12.3 Å². The van der Waals surface area contributed by atoms with Gasteiger partial charge in [-0.25, -0.2) is 0 Å². The van der Waals surface area contributed by atoms with Crippen LogP contribution in [-0.2, 0) is 4.79 Å². The van der Waals surface area contributed by atoms with Gasteiger partial charge in [0.2, 0.25) is 0 Å². The predicted molar refractivity (Wildman–Crippen MR) is 67.2 cm³/mol. The number of fused-ring (bicyclic) bond motifs is 1.